The predicted molar refractivity (Wildman–Crippen MR) is 112 cm³/mol. The van der Waals surface area contributed by atoms with Gasteiger partial charge in [0.05, 0.1) is 5.69 Å². The van der Waals surface area contributed by atoms with Crippen molar-refractivity contribution in [2.24, 2.45) is 0 Å². The molecule has 2 N–H and O–H groups in total. The fourth-order valence-electron chi connectivity index (χ4n) is 3.33. The van der Waals surface area contributed by atoms with Gasteiger partial charge in [-0.3, -0.25) is 14.3 Å². The van der Waals surface area contributed by atoms with E-state index in [1.165, 1.54) is 0 Å². The zero-order chi connectivity index (χ0) is 21.1. The van der Waals surface area contributed by atoms with Crippen LogP contribution in [0.2, 0.25) is 0 Å². The summed E-state index contributed by atoms with van der Waals surface area (Å²) in [6, 6.07) is 11.2. The number of aromatic nitrogens is 2. The molecule has 0 spiro atoms. The Balaban J connectivity index is 1.36. The number of rotatable bonds is 6. The number of ether oxygens (including phenoxy) is 2. The van der Waals surface area contributed by atoms with Gasteiger partial charge in [-0.15, -0.1) is 11.3 Å². The van der Waals surface area contributed by atoms with E-state index < -0.39 is 11.8 Å². The summed E-state index contributed by atoms with van der Waals surface area (Å²) < 4.78 is 12.5. The number of carbonyl (C=O) groups is 2. The first-order valence-corrected chi connectivity index (χ1v) is 10.4. The first-order chi connectivity index (χ1) is 14.5. The molecule has 30 heavy (non-hydrogen) atoms. The zero-order valence-corrected chi connectivity index (χ0v) is 17.5. The monoisotopic (exact) mass is 426 g/mol. The molecule has 0 fully saturated rings. The molecule has 9 heteroatoms. The van der Waals surface area contributed by atoms with Gasteiger partial charge in [0.1, 0.15) is 6.04 Å². The standard InChI is InChI=1S/C21H22N4O4S/c1-13-8-14(2)25(24-13)16(19-4-3-7-30-19)11-23-21(27)20(26)22-10-15-5-6-17-18(9-15)29-12-28-17/h3-9,16H,10-12H2,1-2H3,(H,22,26)(H,23,27). The average molecular weight is 426 g/mol. The Labute approximate surface area is 177 Å². The molecule has 2 aromatic heterocycles. The summed E-state index contributed by atoms with van der Waals surface area (Å²) in [5, 5.41) is 11.9. The van der Waals surface area contributed by atoms with Crippen LogP contribution in [0.15, 0.2) is 41.8 Å². The summed E-state index contributed by atoms with van der Waals surface area (Å²) in [5.41, 5.74) is 2.72. The maximum absolute atomic E-state index is 12.4. The van der Waals surface area contributed by atoms with Gasteiger partial charge in [0, 0.05) is 23.7 Å². The molecule has 0 radical (unpaired) electrons. The highest BCUT2D eigenvalue weighted by Gasteiger charge is 2.21. The van der Waals surface area contributed by atoms with Gasteiger partial charge in [0.25, 0.3) is 0 Å². The molecule has 3 heterocycles. The molecule has 8 nitrogen and oxygen atoms in total. The predicted octanol–water partition coefficient (Wildman–Crippen LogP) is 2.31. The molecule has 1 aliphatic heterocycles. The number of aryl methyl sites for hydroxylation is 2. The first kappa shape index (κ1) is 20.0. The molecular weight excluding hydrogens is 404 g/mol. The molecule has 0 saturated carbocycles. The molecule has 0 saturated heterocycles. The normalized spacial score (nSPS) is 13.1. The van der Waals surface area contributed by atoms with E-state index in [0.29, 0.717) is 11.5 Å². The van der Waals surface area contributed by atoms with Gasteiger partial charge < -0.3 is 20.1 Å². The number of amides is 2. The van der Waals surface area contributed by atoms with E-state index in [4.69, 9.17) is 9.47 Å². The van der Waals surface area contributed by atoms with Crippen molar-refractivity contribution in [3.05, 3.63) is 63.6 Å². The van der Waals surface area contributed by atoms with Crippen LogP contribution < -0.4 is 20.1 Å². The summed E-state index contributed by atoms with van der Waals surface area (Å²) in [4.78, 5) is 25.7. The van der Waals surface area contributed by atoms with E-state index in [2.05, 4.69) is 15.7 Å². The van der Waals surface area contributed by atoms with Gasteiger partial charge in [-0.25, -0.2) is 0 Å². The maximum atomic E-state index is 12.4. The Bertz CT molecular complexity index is 1060. The molecule has 156 valence electrons. The van der Waals surface area contributed by atoms with Crippen LogP contribution in [0, 0.1) is 13.8 Å². The van der Waals surface area contributed by atoms with E-state index in [1.54, 1.807) is 23.5 Å². The number of hydrogen-bond acceptors (Lipinski definition) is 6. The maximum Gasteiger partial charge on any atom is 0.309 e. The molecular formula is C21H22N4O4S. The fraction of sp³-hybridized carbons (Fsp3) is 0.286. The van der Waals surface area contributed by atoms with Gasteiger partial charge >= 0.3 is 11.8 Å². The Morgan fingerprint density at radius 2 is 1.93 bits per heavy atom. The molecule has 1 aliphatic rings. The van der Waals surface area contributed by atoms with Crippen molar-refractivity contribution in [2.45, 2.75) is 26.4 Å². The summed E-state index contributed by atoms with van der Waals surface area (Å²) in [6.45, 7) is 4.57. The summed E-state index contributed by atoms with van der Waals surface area (Å²) in [5.74, 6) is -0.0636. The number of nitrogens with one attached hydrogen (secondary N) is 2. The third kappa shape index (κ3) is 4.30. The van der Waals surface area contributed by atoms with Crippen LogP contribution in [0.3, 0.4) is 0 Å². The lowest BCUT2D eigenvalue weighted by Crippen LogP contribution is -2.42. The van der Waals surface area contributed by atoms with Gasteiger partial charge in [-0.05, 0) is 49.1 Å². The third-order valence-corrected chi connectivity index (χ3v) is 5.74. The smallest absolute Gasteiger partial charge is 0.309 e. The van der Waals surface area contributed by atoms with Crippen LogP contribution in [0.4, 0.5) is 0 Å². The average Bonchev–Trinajstić information content (AvgIpc) is 3.47. The van der Waals surface area contributed by atoms with Crippen molar-refractivity contribution in [3.63, 3.8) is 0 Å². The van der Waals surface area contributed by atoms with Gasteiger partial charge in [-0.1, -0.05) is 12.1 Å². The summed E-state index contributed by atoms with van der Waals surface area (Å²) in [6.07, 6.45) is 0. The van der Waals surface area contributed by atoms with Crippen LogP contribution >= 0.6 is 11.3 Å². The molecule has 2 amide bonds. The van der Waals surface area contributed by atoms with Crippen molar-refractivity contribution in [1.29, 1.82) is 0 Å². The number of hydrogen-bond donors (Lipinski definition) is 2. The van der Waals surface area contributed by atoms with Gasteiger partial charge in [-0.2, -0.15) is 5.10 Å². The summed E-state index contributed by atoms with van der Waals surface area (Å²) in [7, 11) is 0. The number of carbonyl (C=O) groups excluding carboxylic acids is 2. The van der Waals surface area contributed by atoms with E-state index in [0.717, 1.165) is 21.8 Å². The van der Waals surface area contributed by atoms with Gasteiger partial charge in [0.15, 0.2) is 11.5 Å². The Hall–Kier alpha value is -3.33. The van der Waals surface area contributed by atoms with Crippen molar-refractivity contribution in [1.82, 2.24) is 20.4 Å². The van der Waals surface area contributed by atoms with Crippen molar-refractivity contribution >= 4 is 23.2 Å². The lowest BCUT2D eigenvalue weighted by atomic mass is 10.2. The lowest BCUT2D eigenvalue weighted by molar-refractivity contribution is -0.139. The molecule has 4 rings (SSSR count). The topological polar surface area (TPSA) is 94.5 Å². The Morgan fingerprint density at radius 1 is 1.13 bits per heavy atom. The number of benzene rings is 1. The number of nitrogens with zero attached hydrogens (tertiary/aromatic N) is 2. The van der Waals surface area contributed by atoms with Crippen molar-refractivity contribution in [2.75, 3.05) is 13.3 Å². The first-order valence-electron chi connectivity index (χ1n) is 9.52. The highest BCUT2D eigenvalue weighted by molar-refractivity contribution is 7.10. The van der Waals surface area contributed by atoms with Crippen molar-refractivity contribution < 1.29 is 19.1 Å². The SMILES string of the molecule is Cc1cc(C)n(C(CNC(=O)C(=O)NCc2ccc3c(c2)OCO3)c2cccs2)n1. The minimum atomic E-state index is -0.689. The quantitative estimate of drug-likeness (QED) is 0.590. The van der Waals surface area contributed by atoms with E-state index >= 15 is 0 Å². The van der Waals surface area contributed by atoms with E-state index in [1.807, 2.05) is 48.2 Å². The van der Waals surface area contributed by atoms with Gasteiger partial charge in [0.2, 0.25) is 6.79 Å². The van der Waals surface area contributed by atoms with Crippen molar-refractivity contribution in [3.8, 4) is 11.5 Å². The molecule has 1 aromatic carbocycles. The largest absolute Gasteiger partial charge is 0.454 e. The molecule has 1 atom stereocenters. The lowest BCUT2D eigenvalue weighted by Gasteiger charge is -2.18. The second kappa shape index (κ2) is 8.58. The van der Waals surface area contributed by atoms with Crippen LogP contribution in [-0.2, 0) is 16.1 Å². The summed E-state index contributed by atoms with van der Waals surface area (Å²) >= 11 is 1.59. The highest BCUT2D eigenvalue weighted by atomic mass is 32.1. The minimum absolute atomic E-state index is 0.177. The van der Waals surface area contributed by atoms with Crippen LogP contribution in [0.25, 0.3) is 0 Å². The van der Waals surface area contributed by atoms with Crippen LogP contribution in [0.1, 0.15) is 27.9 Å². The zero-order valence-electron chi connectivity index (χ0n) is 16.7. The van der Waals surface area contributed by atoms with E-state index in [9.17, 15) is 9.59 Å². The minimum Gasteiger partial charge on any atom is -0.454 e. The molecule has 1 unspecified atom stereocenters. The molecule has 3 aromatic rings. The Morgan fingerprint density at radius 3 is 2.67 bits per heavy atom. The number of thiophene rings is 1. The fourth-order valence-corrected chi connectivity index (χ4v) is 4.14. The number of fused-ring (bicyclic) bond motifs is 1. The second-order valence-corrected chi connectivity index (χ2v) is 7.96. The van der Waals surface area contributed by atoms with Crippen LogP contribution in [0.5, 0.6) is 11.5 Å². The molecule has 0 aliphatic carbocycles. The Kier molecular flexibility index (Phi) is 5.71. The third-order valence-electron chi connectivity index (χ3n) is 4.76. The highest BCUT2D eigenvalue weighted by Crippen LogP contribution is 2.32. The second-order valence-electron chi connectivity index (χ2n) is 6.98. The van der Waals surface area contributed by atoms with E-state index in [-0.39, 0.29) is 25.9 Å². The van der Waals surface area contributed by atoms with Crippen LogP contribution in [-0.4, -0.2) is 34.9 Å². The molecule has 0 bridgehead atoms.